The molecule has 2 aromatic heterocycles. The Balaban J connectivity index is 0.000000215. The number of aromatic nitrogens is 4. The van der Waals surface area contributed by atoms with Gasteiger partial charge in [0, 0.05) is 52.7 Å². The molecule has 4 aromatic carbocycles. The number of aliphatic hydroxyl groups excluding tert-OH is 1. The van der Waals surface area contributed by atoms with Crippen LogP contribution >= 0.6 is 23.2 Å². The molecule has 1 N–H and O–H groups in total. The fourth-order valence-electron chi connectivity index (χ4n) is 6.07. The van der Waals surface area contributed by atoms with E-state index in [1.807, 2.05) is 62.4 Å². The molecule has 0 atom stereocenters. The summed E-state index contributed by atoms with van der Waals surface area (Å²) in [5.41, 5.74) is 6.39. The normalized spacial score (nSPS) is 10.9. The maximum atomic E-state index is 14.0. The molecule has 290 valence electrons. The lowest BCUT2D eigenvalue weighted by molar-refractivity contribution is -0.119. The van der Waals surface area contributed by atoms with Gasteiger partial charge < -0.3 is 9.84 Å². The van der Waals surface area contributed by atoms with E-state index < -0.39 is 17.6 Å². The molecule has 0 bridgehead atoms. The molecule has 6 aromatic rings. The second-order valence-corrected chi connectivity index (χ2v) is 14.0. The van der Waals surface area contributed by atoms with Crippen LogP contribution in [0.4, 0.5) is 8.78 Å². The predicted octanol–water partition coefficient (Wildman–Crippen LogP) is 8.71. The second-order valence-electron chi connectivity index (χ2n) is 13.2. The van der Waals surface area contributed by atoms with Crippen molar-refractivity contribution in [2.45, 2.75) is 59.0 Å². The van der Waals surface area contributed by atoms with Gasteiger partial charge in [0.25, 0.3) is 0 Å². The van der Waals surface area contributed by atoms with E-state index in [0.717, 1.165) is 34.2 Å². The van der Waals surface area contributed by atoms with Crippen molar-refractivity contribution in [1.82, 2.24) is 19.6 Å². The molecule has 0 fully saturated rings. The van der Waals surface area contributed by atoms with Crippen LogP contribution in [-0.4, -0.2) is 49.3 Å². The number of methoxy groups -OCH3 is 1. The van der Waals surface area contributed by atoms with Crippen LogP contribution in [0.25, 0.3) is 11.4 Å². The van der Waals surface area contributed by atoms with Gasteiger partial charge in [0.2, 0.25) is 0 Å². The molecule has 0 saturated carbocycles. The minimum atomic E-state index is -0.745. The number of rotatable bonds is 14. The van der Waals surface area contributed by atoms with Crippen LogP contribution in [0.3, 0.4) is 0 Å². The van der Waals surface area contributed by atoms with Gasteiger partial charge in [0.05, 0.1) is 42.0 Å². The Bertz CT molecular complexity index is 2360. The van der Waals surface area contributed by atoms with E-state index in [1.165, 1.54) is 31.4 Å². The van der Waals surface area contributed by atoms with Crippen LogP contribution < -0.4 is 0 Å². The average molecular weight is 802 g/mol. The highest BCUT2D eigenvalue weighted by Crippen LogP contribution is 2.21. The number of carbonyl (C=O) groups is 3. The molecule has 0 radical (unpaired) electrons. The van der Waals surface area contributed by atoms with Crippen molar-refractivity contribution >= 4 is 40.7 Å². The Morgan fingerprint density at radius 1 is 0.679 bits per heavy atom. The van der Waals surface area contributed by atoms with Crippen LogP contribution in [-0.2, 0) is 46.6 Å². The van der Waals surface area contributed by atoms with Crippen LogP contribution in [0.5, 0.6) is 0 Å². The number of benzene rings is 4. The van der Waals surface area contributed by atoms with Crippen molar-refractivity contribution in [2.24, 2.45) is 0 Å². The number of ether oxygens (including phenoxy) is 1. The first-order valence-corrected chi connectivity index (χ1v) is 18.5. The predicted molar refractivity (Wildman–Crippen MR) is 211 cm³/mol. The number of carbonyl (C=O) groups excluding carboxylic acids is 3. The maximum Gasteiger partial charge on any atom is 0.340 e. The summed E-state index contributed by atoms with van der Waals surface area (Å²) in [5.74, 6) is -1.95. The maximum absolute atomic E-state index is 14.0. The van der Waals surface area contributed by atoms with Crippen molar-refractivity contribution in [2.75, 3.05) is 7.11 Å². The summed E-state index contributed by atoms with van der Waals surface area (Å²) in [6.07, 6.45) is 1.88. The fourth-order valence-corrected chi connectivity index (χ4v) is 6.43. The lowest BCUT2D eigenvalue weighted by atomic mass is 10.0. The molecule has 0 aliphatic rings. The lowest BCUT2D eigenvalue weighted by Crippen LogP contribution is -2.09. The van der Waals surface area contributed by atoms with Gasteiger partial charge in [0.1, 0.15) is 23.2 Å². The van der Waals surface area contributed by atoms with Gasteiger partial charge in [-0.05, 0) is 105 Å². The van der Waals surface area contributed by atoms with Gasteiger partial charge in [-0.3, -0.25) is 9.59 Å². The highest BCUT2D eigenvalue weighted by Gasteiger charge is 2.16. The molecule has 0 amide bonds. The Morgan fingerprint density at radius 3 is 1.59 bits per heavy atom. The first kappa shape index (κ1) is 41.7. The van der Waals surface area contributed by atoms with Crippen molar-refractivity contribution in [3.63, 3.8) is 0 Å². The van der Waals surface area contributed by atoms with Crippen LogP contribution in [0, 0.1) is 25.5 Å². The van der Waals surface area contributed by atoms with Crippen molar-refractivity contribution in [3.05, 3.63) is 164 Å². The van der Waals surface area contributed by atoms with Gasteiger partial charge in [0.15, 0.2) is 0 Å². The number of nitrogens with zero attached hydrogens (tertiary/aromatic N) is 4. The number of hydrogen-bond donors (Lipinski definition) is 1. The topological polar surface area (TPSA) is 116 Å². The molecule has 0 saturated heterocycles. The number of Topliss-reactive ketones (excluding diaryl/α,β-unsaturated/α-hetero) is 2. The van der Waals surface area contributed by atoms with Crippen LogP contribution in [0.15, 0.2) is 97.1 Å². The minimum absolute atomic E-state index is 0.0163. The number of aliphatic hydroxyl groups is 1. The quantitative estimate of drug-likeness (QED) is 0.110. The summed E-state index contributed by atoms with van der Waals surface area (Å²) in [6.45, 7) is 3.43. The van der Waals surface area contributed by atoms with E-state index in [1.54, 1.807) is 33.6 Å². The molecule has 0 aliphatic carbocycles. The summed E-state index contributed by atoms with van der Waals surface area (Å²) in [5, 5.41) is 19.2. The van der Waals surface area contributed by atoms with E-state index in [2.05, 4.69) is 14.9 Å². The molecule has 6 rings (SSSR count). The first-order valence-electron chi connectivity index (χ1n) is 17.7. The summed E-state index contributed by atoms with van der Waals surface area (Å²) in [7, 11) is 1.19. The van der Waals surface area contributed by atoms with Gasteiger partial charge >= 0.3 is 5.97 Å². The average Bonchev–Trinajstić information content (AvgIpc) is 3.74. The molecular formula is C43H40Cl2F2N4O5. The molecule has 13 heteroatoms. The number of ketones is 2. The van der Waals surface area contributed by atoms with Crippen LogP contribution in [0.2, 0.25) is 10.0 Å². The molecule has 56 heavy (non-hydrogen) atoms. The van der Waals surface area contributed by atoms with Crippen molar-refractivity contribution in [3.8, 4) is 11.4 Å². The number of aryl methyl sites for hydroxylation is 4. The largest absolute Gasteiger partial charge is 0.465 e. The highest BCUT2D eigenvalue weighted by molar-refractivity contribution is 6.31. The van der Waals surface area contributed by atoms with Crippen molar-refractivity contribution < 1.29 is 33.0 Å². The Morgan fingerprint density at radius 2 is 1.16 bits per heavy atom. The Labute approximate surface area is 333 Å². The molecule has 9 nitrogen and oxygen atoms in total. The van der Waals surface area contributed by atoms with E-state index in [-0.39, 0.29) is 48.6 Å². The third kappa shape index (κ3) is 11.3. The van der Waals surface area contributed by atoms with Gasteiger partial charge in [-0.25, -0.2) is 22.9 Å². The third-order valence-electron chi connectivity index (χ3n) is 8.77. The van der Waals surface area contributed by atoms with Gasteiger partial charge in [-0.2, -0.15) is 10.2 Å². The van der Waals surface area contributed by atoms with E-state index in [4.69, 9.17) is 28.3 Å². The van der Waals surface area contributed by atoms with Gasteiger partial charge in [-0.1, -0.05) is 53.5 Å². The third-order valence-corrected chi connectivity index (χ3v) is 9.24. The zero-order valence-corrected chi connectivity index (χ0v) is 32.6. The van der Waals surface area contributed by atoms with E-state index >= 15 is 0 Å². The van der Waals surface area contributed by atoms with Crippen molar-refractivity contribution in [1.29, 1.82) is 0 Å². The van der Waals surface area contributed by atoms with Gasteiger partial charge in [-0.15, -0.1) is 0 Å². The molecule has 0 unspecified atom stereocenters. The molecule has 0 aliphatic heterocycles. The monoisotopic (exact) mass is 800 g/mol. The van der Waals surface area contributed by atoms with E-state index in [0.29, 0.717) is 40.4 Å². The smallest absolute Gasteiger partial charge is 0.340 e. The number of hydrogen-bond acceptors (Lipinski definition) is 7. The zero-order chi connectivity index (χ0) is 40.4. The molecule has 0 spiro atoms. The molecular weight excluding hydrogens is 761 g/mol. The Kier molecular flexibility index (Phi) is 14.4. The number of esters is 1. The number of halogens is 4. The van der Waals surface area contributed by atoms with Crippen LogP contribution in [0.1, 0.15) is 62.7 Å². The summed E-state index contributed by atoms with van der Waals surface area (Å²) < 4.78 is 35.9. The SMILES string of the molecule is COC(=O)c1ccc(CC(=O)CCc2cc(C)nn2-c2cccc(Cl)c2)cc1F.Cc1cc(CCC(=O)Cc2ccc(CO)c(F)c2)n(-c2cccc(Cl)c2)n1. The second kappa shape index (κ2) is 19.4. The highest BCUT2D eigenvalue weighted by atomic mass is 35.5. The van der Waals surface area contributed by atoms with E-state index in [9.17, 15) is 23.2 Å². The Hall–Kier alpha value is -5.49. The first-order chi connectivity index (χ1) is 26.8. The zero-order valence-electron chi connectivity index (χ0n) is 31.1. The fraction of sp³-hybridized carbons (Fsp3) is 0.233. The lowest BCUT2D eigenvalue weighted by Gasteiger charge is -2.08. The minimum Gasteiger partial charge on any atom is -0.465 e. The summed E-state index contributed by atoms with van der Waals surface area (Å²) >= 11 is 12.1. The molecule has 2 heterocycles. The summed E-state index contributed by atoms with van der Waals surface area (Å²) in [4.78, 5) is 36.2. The standard InChI is InChI=1S/C22H20ClFN2O3.C21H20ClFN2O2/c1-14-10-18(26(25-14)17-5-3-4-16(23)13-17)7-8-19(27)11-15-6-9-20(21(24)12-15)22(28)29-2;1-14-9-19(25(24-14)18-4-2-3-17(22)12-18)7-8-20(27)10-15-5-6-16(13-26)21(23)11-15/h3-6,9-10,12-13H,7-8,11H2,1-2H3;2-6,9,11-12,26H,7-8,10,13H2,1H3. The summed E-state index contributed by atoms with van der Waals surface area (Å²) in [6, 6.07) is 27.2.